The molecule has 11 heterocycles. The largest absolute Gasteiger partial charge is 0.464 e. The van der Waals surface area contributed by atoms with E-state index in [9.17, 15) is 13.5 Å². The SMILES string of the molecule is CCc1cc(-c2cc(C)ccc2Cl)nc(N)n1.CCc1cc(-c2ccc(C(C)(C)O)cc2)nc(N)n1.CNc1cc(-c2cccc3[nH]ccc23)nc(N)n1.CNc1cc(-c2coc3ccccc23)nc(N)n1.CNc1cc(-c2csc3ccccc23)nc(N)n1.Cc1ccc(S(=O)(=O)n2cc(-c3cc(N[C@@H](C)C4CC4)nc(N)n3)c3ccccc32)cc1.Nc1nc(NC2CCCCC2)cc(-c2cccc(Cl)c2Cl)n1. The quantitative estimate of drug-likeness (QED) is 0.0337. The number of anilines is 12. The first-order chi connectivity index (χ1) is 69.3. The topological polar surface area (TPSA) is 511 Å². The van der Waals surface area contributed by atoms with E-state index < -0.39 is 15.6 Å². The van der Waals surface area contributed by atoms with Crippen LogP contribution in [0.5, 0.6) is 0 Å². The average Bonchev–Trinajstić information content (AvgIpc) is 1.22. The Morgan fingerprint density at radius 1 is 0.465 bits per heavy atom. The highest BCUT2D eigenvalue weighted by molar-refractivity contribution is 7.90. The second kappa shape index (κ2) is 46.3. The summed E-state index contributed by atoms with van der Waals surface area (Å²) in [7, 11) is 1.63. The van der Waals surface area contributed by atoms with Gasteiger partial charge in [-0.3, -0.25) is 0 Å². The number of furan rings is 1. The number of nitrogens with one attached hydrogen (secondary N) is 6. The van der Waals surface area contributed by atoms with Gasteiger partial charge >= 0.3 is 0 Å². The summed E-state index contributed by atoms with van der Waals surface area (Å²) in [5.74, 6) is 5.90. The van der Waals surface area contributed by atoms with Gasteiger partial charge in [-0.05, 0) is 157 Å². The third-order valence-electron chi connectivity index (χ3n) is 23.9. The minimum atomic E-state index is -3.79. The molecule has 2 fully saturated rings. The van der Waals surface area contributed by atoms with Gasteiger partial charge in [0.15, 0.2) is 0 Å². The van der Waals surface area contributed by atoms with Gasteiger partial charge in [0, 0.05) is 168 Å². The van der Waals surface area contributed by atoms with Crippen molar-refractivity contribution in [2.75, 3.05) is 87.9 Å². The Balaban J connectivity index is 0.000000128. The summed E-state index contributed by atoms with van der Waals surface area (Å²) in [6, 6.07) is 71.3. The second-order valence-corrected chi connectivity index (χ2v) is 38.7. The highest BCUT2D eigenvalue weighted by Crippen LogP contribution is 2.41. The van der Waals surface area contributed by atoms with Gasteiger partial charge in [-0.1, -0.05) is 200 Å². The maximum Gasteiger partial charge on any atom is 0.268 e. The van der Waals surface area contributed by atoms with Gasteiger partial charge in [-0.2, -0.15) is 24.9 Å². The predicted molar refractivity (Wildman–Crippen MR) is 588 cm³/mol. The number of rotatable bonds is 20. The van der Waals surface area contributed by atoms with E-state index >= 15 is 0 Å². The predicted octanol–water partition coefficient (Wildman–Crippen LogP) is 22.7. The minimum absolute atomic E-state index is 0.145. The third-order valence-corrected chi connectivity index (χ3v) is 27.7. The number of H-pyrrole nitrogens is 1. The van der Waals surface area contributed by atoms with Gasteiger partial charge in [0.05, 0.1) is 65.9 Å². The fraction of sp³-hybridized carbons (Fsp3) is 0.215. The Labute approximate surface area is 853 Å². The van der Waals surface area contributed by atoms with Crippen LogP contribution in [-0.4, -0.2) is 125 Å². The molecule has 0 bridgehead atoms. The number of hydrogen-bond donors (Lipinski definition) is 14. The van der Waals surface area contributed by atoms with Crippen molar-refractivity contribution in [3.63, 3.8) is 0 Å². The maximum atomic E-state index is 13.5. The van der Waals surface area contributed by atoms with E-state index in [1.54, 1.807) is 81.1 Å². The fourth-order valence-corrected chi connectivity index (χ4v) is 19.2. The summed E-state index contributed by atoms with van der Waals surface area (Å²) >= 11 is 20.2. The number of nitrogens with zero attached hydrogens (tertiary/aromatic N) is 15. The van der Waals surface area contributed by atoms with Crippen LogP contribution in [0.25, 0.3) is 122 Å². The first-order valence-corrected chi connectivity index (χ1v) is 50.3. The van der Waals surface area contributed by atoms with E-state index in [0.717, 1.165) is 155 Å². The first-order valence-electron chi connectivity index (χ1n) is 46.8. The van der Waals surface area contributed by atoms with Gasteiger partial charge in [-0.25, -0.2) is 57.2 Å². The number of halogens is 3. The number of aliphatic hydroxyl groups is 1. The molecular weight excluding hydrogens is 1910 g/mol. The number of thiophene rings is 1. The van der Waals surface area contributed by atoms with Crippen molar-refractivity contribution in [1.29, 1.82) is 0 Å². The van der Waals surface area contributed by atoms with Crippen LogP contribution in [0.1, 0.15) is 108 Å². The van der Waals surface area contributed by atoms with Gasteiger partial charge < -0.3 is 81.2 Å². The summed E-state index contributed by atoms with van der Waals surface area (Å²) in [6.07, 6.45) is 15.4. The third kappa shape index (κ3) is 25.8. The lowest BCUT2D eigenvalue weighted by atomic mass is 9.95. The van der Waals surface area contributed by atoms with Crippen molar-refractivity contribution in [1.82, 2.24) is 78.7 Å². The molecule has 11 aromatic heterocycles. The molecule has 8 aromatic carbocycles. The summed E-state index contributed by atoms with van der Waals surface area (Å²) < 4.78 is 35.0. The van der Waals surface area contributed by atoms with E-state index in [-0.39, 0.29) is 40.6 Å². The van der Waals surface area contributed by atoms with Crippen LogP contribution in [0.3, 0.4) is 0 Å². The van der Waals surface area contributed by atoms with Crippen LogP contribution in [0.15, 0.2) is 258 Å². The zero-order valence-corrected chi connectivity index (χ0v) is 85.0. The molecule has 0 aliphatic heterocycles. The molecule has 738 valence electrons. The molecule has 2 saturated carbocycles. The van der Waals surface area contributed by atoms with Gasteiger partial charge in [0.1, 0.15) is 40.9 Å². The lowest BCUT2D eigenvalue weighted by Crippen LogP contribution is -2.23. The van der Waals surface area contributed by atoms with Crippen molar-refractivity contribution < 1.29 is 17.9 Å². The van der Waals surface area contributed by atoms with Crippen molar-refractivity contribution in [2.24, 2.45) is 5.92 Å². The molecule has 0 unspecified atom stereocenters. The molecule has 144 heavy (non-hydrogen) atoms. The molecule has 0 spiro atoms. The molecule has 32 nitrogen and oxygen atoms in total. The van der Waals surface area contributed by atoms with E-state index in [1.165, 1.54) is 46.2 Å². The summed E-state index contributed by atoms with van der Waals surface area (Å²) in [4.78, 5) is 62.6. The highest BCUT2D eigenvalue weighted by atomic mass is 35.5. The number of aryl methyl sites for hydroxylation is 4. The lowest BCUT2D eigenvalue weighted by Gasteiger charge is -2.23. The Morgan fingerprint density at radius 2 is 0.958 bits per heavy atom. The van der Waals surface area contributed by atoms with Crippen LogP contribution in [0.4, 0.5) is 70.7 Å². The van der Waals surface area contributed by atoms with Crippen molar-refractivity contribution in [2.45, 2.75) is 129 Å². The number of benzene rings is 8. The average molecular weight is 2030 g/mol. The van der Waals surface area contributed by atoms with E-state index in [0.29, 0.717) is 78.9 Å². The number of aromatic amines is 1. The zero-order chi connectivity index (χ0) is 102. The molecule has 2 aliphatic rings. The molecule has 21 rings (SSSR count). The van der Waals surface area contributed by atoms with Crippen LogP contribution in [0, 0.1) is 19.8 Å². The zero-order valence-electron chi connectivity index (χ0n) is 81.1. The molecule has 0 amide bonds. The fourth-order valence-electron chi connectivity index (χ4n) is 16.3. The summed E-state index contributed by atoms with van der Waals surface area (Å²) in [5.41, 5.74) is 58.6. The van der Waals surface area contributed by atoms with Crippen molar-refractivity contribution >= 4 is 170 Å². The highest BCUT2D eigenvalue weighted by Gasteiger charge is 2.30. The number of hydrogen-bond acceptors (Lipinski definition) is 31. The Bertz CT molecular complexity index is 7710. The first kappa shape index (κ1) is 103. The van der Waals surface area contributed by atoms with Gasteiger partial charge in [0.25, 0.3) is 10.0 Å². The molecule has 0 radical (unpaired) electrons. The molecule has 21 N–H and O–H groups in total. The molecule has 2 aliphatic carbocycles. The monoisotopic (exact) mass is 2020 g/mol. The smallest absolute Gasteiger partial charge is 0.268 e. The van der Waals surface area contributed by atoms with E-state index in [1.807, 2.05) is 224 Å². The molecule has 37 heteroatoms. The maximum absolute atomic E-state index is 13.5. The molecule has 0 saturated heterocycles. The summed E-state index contributed by atoms with van der Waals surface area (Å²) in [5, 5.41) is 33.6. The lowest BCUT2D eigenvalue weighted by molar-refractivity contribution is 0.0786. The molecular formula is C107H113Cl3N28O4S2. The van der Waals surface area contributed by atoms with Gasteiger partial charge in [-0.15, -0.1) is 11.3 Å². The molecule has 1 atom stereocenters. The number of nitrogens with two attached hydrogens (primary N) is 7. The van der Waals surface area contributed by atoms with Crippen LogP contribution < -0.4 is 66.7 Å². The van der Waals surface area contributed by atoms with E-state index in [4.69, 9.17) is 79.4 Å². The van der Waals surface area contributed by atoms with Crippen molar-refractivity contribution in [3.05, 3.63) is 292 Å². The van der Waals surface area contributed by atoms with Crippen LogP contribution >= 0.6 is 46.1 Å². The second-order valence-electron chi connectivity index (χ2n) is 34.8. The standard InChI is InChI=1S/C24H25N5O2S.C16H18Cl2N4.C15H19N3O.C13H14ClN3.C13H13N5.C13H12N4O.C13H12N4S/c1-15-7-11-18(12-8-15)32(30,31)29-14-20(19-5-3-4-6-22(19)29)21-13-23(28-24(25)27-21)26-16(2)17-9-10-17;17-12-8-4-7-11(15(12)18)13-9-14(22-16(19)21-13)20-10-5-2-1-3-6-10;1-4-12-9-13(18-14(16)17-12)10-5-7-11(8-6-10)15(2,3)19;1-3-9-7-12(17-13(15)16-9)10-6-8(2)4-5-11(10)14;1-15-12-7-11(17-13(14)18-12)8-3-2-4-10-9(8)5-6-16-10;2*1-15-12-6-10(16-13(14)17-12)9-7-18-11-5-3-2-4-8(9)11/h3-8,11-14,16-17H,9-10H2,1-2H3,(H3,25,26,27,28);4,7-10H,1-3,5-6H2,(H3,19,20,21,22);5-9,19H,4H2,1-3H3,(H2,16,17,18);4-7H,3H2,1-2H3,(H2,15,16,17);2-7,16H,1H3,(H3,14,15,17,18);2*2-7H,1H3,(H3,14,15,16,17)/t16-;;;;;;/m0....../s1. The Kier molecular flexibility index (Phi) is 33.0. The summed E-state index contributed by atoms with van der Waals surface area (Å²) in [6.45, 7) is 13.7. The Hall–Kier alpha value is -15.7. The van der Waals surface area contributed by atoms with E-state index in [2.05, 4.69) is 126 Å². The van der Waals surface area contributed by atoms with Crippen LogP contribution in [-0.2, 0) is 28.5 Å². The van der Waals surface area contributed by atoms with Gasteiger partial charge in [0.2, 0.25) is 41.6 Å². The Morgan fingerprint density at radius 3 is 1.56 bits per heavy atom. The number of para-hydroxylation sites is 2. The minimum Gasteiger partial charge on any atom is -0.464 e. The van der Waals surface area contributed by atoms with Crippen LogP contribution in [0.2, 0.25) is 15.1 Å². The number of aromatic nitrogens is 16. The molecule has 19 aromatic rings. The number of fused-ring (bicyclic) bond motifs is 4. The van der Waals surface area contributed by atoms with Crippen molar-refractivity contribution in [3.8, 4) is 78.8 Å². The normalized spacial score (nSPS) is 12.5. The number of nitrogen functional groups attached to an aromatic ring is 7.